The number of hydrogen-bond acceptors (Lipinski definition) is 6. The molecule has 1 saturated heterocycles. The summed E-state index contributed by atoms with van der Waals surface area (Å²) < 4.78 is 17.5. The summed E-state index contributed by atoms with van der Waals surface area (Å²) >= 11 is 1.41. The quantitative estimate of drug-likeness (QED) is 0.692. The van der Waals surface area contributed by atoms with E-state index >= 15 is 0 Å². The standard InChI is InChI=1S/C20H20N2O4S/c1-24-14-7-8-17-18(11-14)27-20(21-17)22-19(23)13-4-2-5-15(10-13)26-12-16-6-3-9-25-16/h2,4-5,7-8,10-11,16H,3,6,9,12H2,1H3,(H,21,22,23). The van der Waals surface area contributed by atoms with Crippen LogP contribution in [-0.2, 0) is 4.74 Å². The van der Waals surface area contributed by atoms with Gasteiger partial charge in [0.25, 0.3) is 5.91 Å². The molecule has 1 aromatic heterocycles. The van der Waals surface area contributed by atoms with Gasteiger partial charge in [-0.1, -0.05) is 17.4 Å². The maximum atomic E-state index is 12.6. The maximum Gasteiger partial charge on any atom is 0.257 e. The minimum absolute atomic E-state index is 0.141. The molecule has 0 bridgehead atoms. The summed E-state index contributed by atoms with van der Waals surface area (Å²) in [6, 6.07) is 12.8. The minimum atomic E-state index is -0.219. The number of nitrogens with zero attached hydrogens (tertiary/aromatic N) is 1. The van der Waals surface area contributed by atoms with Crippen molar-refractivity contribution in [1.29, 1.82) is 0 Å². The van der Waals surface area contributed by atoms with Gasteiger partial charge < -0.3 is 14.2 Å². The van der Waals surface area contributed by atoms with Crippen molar-refractivity contribution in [3.63, 3.8) is 0 Å². The smallest absolute Gasteiger partial charge is 0.257 e. The molecule has 1 aliphatic heterocycles. The van der Waals surface area contributed by atoms with Crippen LogP contribution >= 0.6 is 11.3 Å². The fourth-order valence-electron chi connectivity index (χ4n) is 2.95. The largest absolute Gasteiger partial charge is 0.497 e. The average molecular weight is 384 g/mol. The number of anilines is 1. The van der Waals surface area contributed by atoms with E-state index in [1.165, 1.54) is 11.3 Å². The number of carbonyl (C=O) groups excluding carboxylic acids is 1. The third-order valence-corrected chi connectivity index (χ3v) is 5.31. The van der Waals surface area contributed by atoms with Crippen molar-refractivity contribution in [3.8, 4) is 11.5 Å². The van der Waals surface area contributed by atoms with Crippen molar-refractivity contribution in [1.82, 2.24) is 4.98 Å². The first kappa shape index (κ1) is 17.8. The summed E-state index contributed by atoms with van der Waals surface area (Å²) in [5.74, 6) is 1.20. The number of carbonyl (C=O) groups is 1. The van der Waals surface area contributed by atoms with Gasteiger partial charge in [-0.15, -0.1) is 0 Å². The number of benzene rings is 2. The Morgan fingerprint density at radius 2 is 2.22 bits per heavy atom. The van der Waals surface area contributed by atoms with Crippen molar-refractivity contribution in [2.75, 3.05) is 25.6 Å². The van der Waals surface area contributed by atoms with E-state index in [9.17, 15) is 4.79 Å². The highest BCUT2D eigenvalue weighted by Gasteiger charge is 2.16. The van der Waals surface area contributed by atoms with Gasteiger partial charge in [0, 0.05) is 12.2 Å². The summed E-state index contributed by atoms with van der Waals surface area (Å²) in [5.41, 5.74) is 1.35. The van der Waals surface area contributed by atoms with Gasteiger partial charge >= 0.3 is 0 Å². The van der Waals surface area contributed by atoms with Gasteiger partial charge in [-0.25, -0.2) is 4.98 Å². The molecule has 2 aromatic carbocycles. The lowest BCUT2D eigenvalue weighted by Crippen LogP contribution is -2.16. The molecule has 1 atom stereocenters. The molecule has 4 rings (SSSR count). The number of nitrogens with one attached hydrogen (secondary N) is 1. The van der Waals surface area contributed by atoms with Gasteiger partial charge in [-0.05, 0) is 49.2 Å². The van der Waals surface area contributed by atoms with E-state index in [2.05, 4.69) is 10.3 Å². The number of aromatic nitrogens is 1. The van der Waals surface area contributed by atoms with Gasteiger partial charge in [-0.2, -0.15) is 0 Å². The molecular formula is C20H20N2O4S. The maximum absolute atomic E-state index is 12.6. The van der Waals surface area contributed by atoms with Crippen molar-refractivity contribution < 1.29 is 19.0 Å². The second-order valence-electron chi connectivity index (χ2n) is 6.28. The second kappa shape index (κ2) is 7.94. The number of thiazole rings is 1. The summed E-state index contributed by atoms with van der Waals surface area (Å²) in [5, 5.41) is 3.41. The molecule has 3 aromatic rings. The first-order valence-corrected chi connectivity index (χ1v) is 9.63. The Labute approximate surface area is 161 Å². The van der Waals surface area contributed by atoms with E-state index < -0.39 is 0 Å². The van der Waals surface area contributed by atoms with Crippen LogP contribution in [0.25, 0.3) is 10.2 Å². The Hall–Kier alpha value is -2.64. The lowest BCUT2D eigenvalue weighted by atomic mass is 10.2. The van der Waals surface area contributed by atoms with Gasteiger partial charge in [0.1, 0.15) is 18.1 Å². The van der Waals surface area contributed by atoms with Crippen molar-refractivity contribution in [2.45, 2.75) is 18.9 Å². The molecule has 1 fully saturated rings. The Kier molecular flexibility index (Phi) is 5.22. The molecule has 0 aliphatic carbocycles. The van der Waals surface area contributed by atoms with Gasteiger partial charge in [0.05, 0.1) is 23.4 Å². The molecule has 1 unspecified atom stereocenters. The Bertz CT molecular complexity index is 950. The highest BCUT2D eigenvalue weighted by Crippen LogP contribution is 2.29. The number of ether oxygens (including phenoxy) is 3. The zero-order valence-corrected chi connectivity index (χ0v) is 15.8. The first-order valence-electron chi connectivity index (χ1n) is 8.82. The zero-order valence-electron chi connectivity index (χ0n) is 14.9. The normalized spacial score (nSPS) is 16.4. The van der Waals surface area contributed by atoms with Gasteiger partial charge in [0.15, 0.2) is 5.13 Å². The van der Waals surface area contributed by atoms with E-state index in [0.29, 0.717) is 23.1 Å². The van der Waals surface area contributed by atoms with Crippen LogP contribution in [0, 0.1) is 0 Å². The molecule has 1 aliphatic rings. The van der Waals surface area contributed by atoms with Gasteiger partial charge in [-0.3, -0.25) is 10.1 Å². The number of fused-ring (bicyclic) bond motifs is 1. The highest BCUT2D eigenvalue weighted by atomic mass is 32.1. The van der Waals surface area contributed by atoms with Crippen LogP contribution in [0.2, 0.25) is 0 Å². The van der Waals surface area contributed by atoms with Crippen LogP contribution < -0.4 is 14.8 Å². The average Bonchev–Trinajstić information content (AvgIpc) is 3.35. The summed E-state index contributed by atoms with van der Waals surface area (Å²) in [4.78, 5) is 17.0. The van der Waals surface area contributed by atoms with E-state index in [1.54, 1.807) is 19.2 Å². The van der Waals surface area contributed by atoms with E-state index in [4.69, 9.17) is 14.2 Å². The second-order valence-corrected chi connectivity index (χ2v) is 7.31. The number of amides is 1. The van der Waals surface area contributed by atoms with Gasteiger partial charge in [0.2, 0.25) is 0 Å². The summed E-state index contributed by atoms with van der Waals surface area (Å²) in [6.07, 6.45) is 2.23. The molecule has 2 heterocycles. The number of hydrogen-bond donors (Lipinski definition) is 1. The Morgan fingerprint density at radius 3 is 3.04 bits per heavy atom. The minimum Gasteiger partial charge on any atom is -0.497 e. The molecule has 1 amide bonds. The number of rotatable bonds is 6. The SMILES string of the molecule is COc1ccc2nc(NC(=O)c3cccc(OCC4CCCO4)c3)sc2c1. The molecule has 1 N–H and O–H groups in total. The lowest BCUT2D eigenvalue weighted by molar-refractivity contribution is 0.0679. The fraction of sp³-hybridized carbons (Fsp3) is 0.300. The zero-order chi connectivity index (χ0) is 18.6. The Morgan fingerprint density at radius 1 is 1.30 bits per heavy atom. The molecular weight excluding hydrogens is 364 g/mol. The van der Waals surface area contributed by atoms with Crippen molar-refractivity contribution in [2.24, 2.45) is 0 Å². The summed E-state index contributed by atoms with van der Waals surface area (Å²) in [6.45, 7) is 1.30. The topological polar surface area (TPSA) is 69.7 Å². The molecule has 7 heteroatoms. The van der Waals surface area contributed by atoms with Crippen LogP contribution in [0.4, 0.5) is 5.13 Å². The van der Waals surface area contributed by atoms with Crippen LogP contribution in [0.5, 0.6) is 11.5 Å². The molecule has 27 heavy (non-hydrogen) atoms. The Balaban J connectivity index is 1.43. The van der Waals surface area contributed by atoms with E-state index in [0.717, 1.165) is 35.4 Å². The monoisotopic (exact) mass is 384 g/mol. The lowest BCUT2D eigenvalue weighted by Gasteiger charge is -2.12. The highest BCUT2D eigenvalue weighted by molar-refractivity contribution is 7.22. The van der Waals surface area contributed by atoms with Crippen molar-refractivity contribution >= 4 is 32.6 Å². The summed E-state index contributed by atoms with van der Waals surface area (Å²) in [7, 11) is 1.62. The molecule has 0 radical (unpaired) electrons. The first-order chi connectivity index (χ1) is 13.2. The molecule has 0 saturated carbocycles. The van der Waals surface area contributed by atoms with Crippen LogP contribution in [0.1, 0.15) is 23.2 Å². The van der Waals surface area contributed by atoms with Crippen LogP contribution in [-0.4, -0.2) is 37.3 Å². The molecule has 0 spiro atoms. The van der Waals surface area contributed by atoms with E-state index in [-0.39, 0.29) is 12.0 Å². The van der Waals surface area contributed by atoms with Crippen molar-refractivity contribution in [3.05, 3.63) is 48.0 Å². The van der Waals surface area contributed by atoms with Crippen LogP contribution in [0.15, 0.2) is 42.5 Å². The van der Waals surface area contributed by atoms with E-state index in [1.807, 2.05) is 30.3 Å². The predicted octanol–water partition coefficient (Wildman–Crippen LogP) is 4.12. The van der Waals surface area contributed by atoms with Crippen LogP contribution in [0.3, 0.4) is 0 Å². The third kappa shape index (κ3) is 4.20. The fourth-order valence-corrected chi connectivity index (χ4v) is 3.84. The predicted molar refractivity (Wildman–Crippen MR) is 105 cm³/mol. The number of methoxy groups -OCH3 is 1. The molecule has 140 valence electrons. The third-order valence-electron chi connectivity index (χ3n) is 4.37. The molecule has 6 nitrogen and oxygen atoms in total.